The number of carbonyl (C=O) groups excluding carboxylic acids is 1. The number of fused-ring (bicyclic) bond motifs is 1. The van der Waals surface area contributed by atoms with Crippen LogP contribution in [0.25, 0.3) is 0 Å². The van der Waals surface area contributed by atoms with E-state index in [4.69, 9.17) is 11.6 Å². The molecule has 0 bridgehead atoms. The molecule has 1 aliphatic rings. The Morgan fingerprint density at radius 1 is 1.10 bits per heavy atom. The molecule has 2 aromatic carbocycles. The van der Waals surface area contributed by atoms with Crippen LogP contribution in [0.3, 0.4) is 0 Å². The highest BCUT2D eigenvalue weighted by Gasteiger charge is 2.14. The van der Waals surface area contributed by atoms with E-state index < -0.39 is 0 Å². The number of phenols is 1. The summed E-state index contributed by atoms with van der Waals surface area (Å²) in [6.07, 6.45) is 3.34. The molecule has 0 saturated heterocycles. The minimum Gasteiger partial charge on any atom is -0.507 e. The number of nitrogens with one attached hydrogen (secondary N) is 1. The fourth-order valence-corrected chi connectivity index (χ4v) is 2.71. The number of benzene rings is 2. The summed E-state index contributed by atoms with van der Waals surface area (Å²) in [5, 5.41) is 12.9. The fourth-order valence-electron chi connectivity index (χ4n) is 2.54. The number of halogens is 1. The molecule has 102 valence electrons. The van der Waals surface area contributed by atoms with Gasteiger partial charge in [0.2, 0.25) is 0 Å². The molecule has 0 heterocycles. The van der Waals surface area contributed by atoms with Crippen molar-refractivity contribution in [1.29, 1.82) is 0 Å². The molecule has 3 nitrogen and oxygen atoms in total. The van der Waals surface area contributed by atoms with E-state index in [1.54, 1.807) is 6.07 Å². The molecule has 0 atom stereocenters. The van der Waals surface area contributed by atoms with Crippen molar-refractivity contribution in [2.75, 3.05) is 5.32 Å². The van der Waals surface area contributed by atoms with E-state index in [0.29, 0.717) is 5.02 Å². The second kappa shape index (κ2) is 5.17. The third-order valence-electron chi connectivity index (χ3n) is 3.56. The quantitative estimate of drug-likeness (QED) is 0.883. The van der Waals surface area contributed by atoms with Gasteiger partial charge < -0.3 is 10.4 Å². The van der Waals surface area contributed by atoms with E-state index in [1.807, 2.05) is 12.1 Å². The Bertz CT molecular complexity index is 682. The normalized spacial score (nSPS) is 13.1. The third-order valence-corrected chi connectivity index (χ3v) is 3.79. The first-order chi connectivity index (χ1) is 9.63. The smallest absolute Gasteiger partial charge is 0.259 e. The number of amides is 1. The van der Waals surface area contributed by atoms with Gasteiger partial charge in [0.25, 0.3) is 5.91 Å². The lowest BCUT2D eigenvalue weighted by Crippen LogP contribution is -2.12. The van der Waals surface area contributed by atoms with Crippen LogP contribution in [0.1, 0.15) is 27.9 Å². The molecule has 4 heteroatoms. The molecule has 0 aliphatic heterocycles. The SMILES string of the molecule is O=C(Nc1ccc2c(c1)CCC2)c1cc(Cl)ccc1O. The molecule has 2 aromatic rings. The number of hydrogen-bond donors (Lipinski definition) is 2. The van der Waals surface area contributed by atoms with Gasteiger partial charge in [-0.1, -0.05) is 17.7 Å². The van der Waals surface area contributed by atoms with Crippen LogP contribution >= 0.6 is 11.6 Å². The minimum absolute atomic E-state index is 0.0759. The van der Waals surface area contributed by atoms with Crippen LogP contribution in [0, 0.1) is 0 Å². The molecule has 0 fully saturated rings. The van der Waals surface area contributed by atoms with E-state index in [9.17, 15) is 9.90 Å². The van der Waals surface area contributed by atoms with Gasteiger partial charge in [-0.05, 0) is 60.7 Å². The Morgan fingerprint density at radius 3 is 2.75 bits per heavy atom. The Balaban J connectivity index is 1.84. The van der Waals surface area contributed by atoms with Crippen molar-refractivity contribution >= 4 is 23.2 Å². The molecule has 0 saturated carbocycles. The molecular weight excluding hydrogens is 274 g/mol. The summed E-state index contributed by atoms with van der Waals surface area (Å²) in [6.45, 7) is 0. The van der Waals surface area contributed by atoms with Crippen molar-refractivity contribution in [3.05, 3.63) is 58.1 Å². The zero-order chi connectivity index (χ0) is 14.1. The lowest BCUT2D eigenvalue weighted by Gasteiger charge is -2.09. The van der Waals surface area contributed by atoms with Gasteiger partial charge in [-0.3, -0.25) is 4.79 Å². The maximum Gasteiger partial charge on any atom is 0.259 e. The van der Waals surface area contributed by atoms with Crippen LogP contribution in [0.15, 0.2) is 36.4 Å². The Hall–Kier alpha value is -2.00. The van der Waals surface area contributed by atoms with Crippen molar-refractivity contribution in [2.45, 2.75) is 19.3 Å². The van der Waals surface area contributed by atoms with Crippen LogP contribution in [0.5, 0.6) is 5.75 Å². The van der Waals surface area contributed by atoms with Gasteiger partial charge >= 0.3 is 0 Å². The molecule has 0 spiro atoms. The van der Waals surface area contributed by atoms with E-state index in [-0.39, 0.29) is 17.2 Å². The summed E-state index contributed by atoms with van der Waals surface area (Å²) in [4.78, 5) is 12.2. The van der Waals surface area contributed by atoms with E-state index >= 15 is 0 Å². The summed E-state index contributed by atoms with van der Waals surface area (Å²) >= 11 is 5.85. The van der Waals surface area contributed by atoms with E-state index in [2.05, 4.69) is 11.4 Å². The standard InChI is InChI=1S/C16H14ClNO2/c17-12-5-7-15(19)14(9-12)16(20)18-13-6-4-10-2-1-3-11(10)8-13/h4-9,19H,1-3H2,(H,18,20). The van der Waals surface area contributed by atoms with Crippen LogP contribution in [0.4, 0.5) is 5.69 Å². The Labute approximate surface area is 122 Å². The monoisotopic (exact) mass is 287 g/mol. The summed E-state index contributed by atoms with van der Waals surface area (Å²) in [5.41, 5.74) is 3.57. The lowest BCUT2D eigenvalue weighted by molar-refractivity contribution is 0.102. The van der Waals surface area contributed by atoms with Crippen molar-refractivity contribution in [3.8, 4) is 5.75 Å². The second-order valence-corrected chi connectivity index (χ2v) is 5.39. The Kier molecular flexibility index (Phi) is 3.36. The first-order valence-corrected chi connectivity index (χ1v) is 6.93. The molecule has 2 N–H and O–H groups in total. The van der Waals surface area contributed by atoms with Crippen molar-refractivity contribution in [2.24, 2.45) is 0 Å². The number of anilines is 1. The number of rotatable bonds is 2. The fraction of sp³-hybridized carbons (Fsp3) is 0.188. The Morgan fingerprint density at radius 2 is 1.90 bits per heavy atom. The van der Waals surface area contributed by atoms with Crippen molar-refractivity contribution < 1.29 is 9.90 Å². The molecule has 1 amide bonds. The van der Waals surface area contributed by atoms with Gasteiger partial charge in [-0.2, -0.15) is 0 Å². The average molecular weight is 288 g/mol. The third kappa shape index (κ3) is 2.49. The number of aromatic hydroxyl groups is 1. The minimum atomic E-state index is -0.358. The first kappa shape index (κ1) is 13.0. The maximum atomic E-state index is 12.2. The maximum absolute atomic E-state index is 12.2. The number of aryl methyl sites for hydroxylation is 2. The predicted molar refractivity (Wildman–Crippen MR) is 79.5 cm³/mol. The van der Waals surface area contributed by atoms with Gasteiger partial charge in [-0.15, -0.1) is 0 Å². The van der Waals surface area contributed by atoms with Crippen LogP contribution < -0.4 is 5.32 Å². The number of phenolic OH excluding ortho intramolecular Hbond substituents is 1. The summed E-state index contributed by atoms with van der Waals surface area (Å²) in [7, 11) is 0. The van der Waals surface area contributed by atoms with Crippen LogP contribution in [0.2, 0.25) is 5.02 Å². The van der Waals surface area contributed by atoms with Gasteiger partial charge in [0, 0.05) is 10.7 Å². The van der Waals surface area contributed by atoms with Crippen LogP contribution in [-0.2, 0) is 12.8 Å². The van der Waals surface area contributed by atoms with Gasteiger partial charge in [0.05, 0.1) is 5.56 Å². The van der Waals surface area contributed by atoms with Gasteiger partial charge in [0.15, 0.2) is 0 Å². The second-order valence-electron chi connectivity index (χ2n) is 4.95. The van der Waals surface area contributed by atoms with Crippen molar-refractivity contribution in [1.82, 2.24) is 0 Å². The molecule has 0 radical (unpaired) electrons. The summed E-state index contributed by atoms with van der Waals surface area (Å²) < 4.78 is 0. The topological polar surface area (TPSA) is 49.3 Å². The zero-order valence-electron chi connectivity index (χ0n) is 10.8. The van der Waals surface area contributed by atoms with E-state index in [1.165, 1.54) is 29.7 Å². The first-order valence-electron chi connectivity index (χ1n) is 6.55. The predicted octanol–water partition coefficient (Wildman–Crippen LogP) is 3.79. The summed E-state index contributed by atoms with van der Waals surface area (Å²) in [6, 6.07) is 10.4. The highest BCUT2D eigenvalue weighted by molar-refractivity contribution is 6.31. The molecule has 3 rings (SSSR count). The average Bonchev–Trinajstić information content (AvgIpc) is 2.89. The van der Waals surface area contributed by atoms with Crippen molar-refractivity contribution in [3.63, 3.8) is 0 Å². The zero-order valence-corrected chi connectivity index (χ0v) is 11.6. The number of carbonyl (C=O) groups is 1. The summed E-state index contributed by atoms with van der Waals surface area (Å²) in [5.74, 6) is -0.434. The van der Waals surface area contributed by atoms with Gasteiger partial charge in [0.1, 0.15) is 5.75 Å². The molecule has 0 aromatic heterocycles. The highest BCUT2D eigenvalue weighted by Crippen LogP contribution is 2.26. The van der Waals surface area contributed by atoms with E-state index in [0.717, 1.165) is 18.5 Å². The molecule has 20 heavy (non-hydrogen) atoms. The molecular formula is C16H14ClNO2. The highest BCUT2D eigenvalue weighted by atomic mass is 35.5. The molecule has 0 unspecified atom stereocenters. The number of hydrogen-bond acceptors (Lipinski definition) is 2. The van der Waals surface area contributed by atoms with Gasteiger partial charge in [-0.25, -0.2) is 0 Å². The lowest BCUT2D eigenvalue weighted by atomic mass is 10.1. The molecule has 1 aliphatic carbocycles. The van der Waals surface area contributed by atoms with Crippen LogP contribution in [-0.4, -0.2) is 11.0 Å². The largest absolute Gasteiger partial charge is 0.507 e.